The van der Waals surface area contributed by atoms with E-state index in [0.29, 0.717) is 6.42 Å². The van der Waals surface area contributed by atoms with Gasteiger partial charge in [-0.3, -0.25) is 0 Å². The molecule has 0 spiro atoms. The van der Waals surface area contributed by atoms with Crippen LogP contribution in [-0.2, 0) is 4.79 Å². The van der Waals surface area contributed by atoms with Crippen LogP contribution in [0, 0.1) is 0 Å². The Morgan fingerprint density at radius 3 is 2.79 bits per heavy atom. The van der Waals surface area contributed by atoms with Crippen molar-refractivity contribution in [2.75, 3.05) is 0 Å². The van der Waals surface area contributed by atoms with Crippen molar-refractivity contribution in [2.24, 2.45) is 0 Å². The number of carboxylic acid groups (broad SMARTS) is 1. The summed E-state index contributed by atoms with van der Waals surface area (Å²) < 4.78 is 0. The molecule has 76 valence electrons. The smallest absolute Gasteiger partial charge is 0.328 e. The number of aliphatic hydroxyl groups is 1. The van der Waals surface area contributed by atoms with Crippen molar-refractivity contribution < 1.29 is 15.0 Å². The molecule has 0 fully saturated rings. The summed E-state index contributed by atoms with van der Waals surface area (Å²) in [6.45, 7) is 3.58. The van der Waals surface area contributed by atoms with Crippen molar-refractivity contribution >= 4 is 5.97 Å². The van der Waals surface area contributed by atoms with Crippen LogP contribution >= 0.6 is 0 Å². The molecule has 0 amide bonds. The Morgan fingerprint density at radius 2 is 2.29 bits per heavy atom. The van der Waals surface area contributed by atoms with Crippen molar-refractivity contribution in [3.05, 3.63) is 35.5 Å². The predicted molar refractivity (Wildman–Crippen MR) is 53.9 cm³/mol. The van der Waals surface area contributed by atoms with Gasteiger partial charge < -0.3 is 10.2 Å². The second-order valence-corrected chi connectivity index (χ2v) is 3.72. The second-order valence-electron chi connectivity index (χ2n) is 3.72. The van der Waals surface area contributed by atoms with E-state index in [2.05, 4.69) is 0 Å². The average molecular weight is 194 g/mol. The molecule has 0 aromatic rings. The number of hydrogen-bond donors (Lipinski definition) is 2. The number of allylic oxidation sites excluding steroid dienone is 3. The first kappa shape index (κ1) is 10.7. The molecule has 0 aliphatic heterocycles. The molecule has 1 aliphatic carbocycles. The monoisotopic (exact) mass is 194 g/mol. The quantitative estimate of drug-likeness (QED) is 0.657. The van der Waals surface area contributed by atoms with Crippen LogP contribution in [0.1, 0.15) is 20.3 Å². The van der Waals surface area contributed by atoms with Gasteiger partial charge in [-0.15, -0.1) is 0 Å². The van der Waals surface area contributed by atoms with E-state index >= 15 is 0 Å². The summed E-state index contributed by atoms with van der Waals surface area (Å²) in [5.74, 6) is -0.962. The predicted octanol–water partition coefficient (Wildman–Crippen LogP) is 1.65. The topological polar surface area (TPSA) is 57.5 Å². The summed E-state index contributed by atoms with van der Waals surface area (Å²) in [6, 6.07) is 0. The standard InChI is InChI=1S/C11H14O3/c1-8-7-11(2,14)6-5-9(8)3-4-10(12)13/h3-5,7,14H,6H2,1-2H3,(H,12,13)/b4-3+. The van der Waals surface area contributed by atoms with Crippen LogP contribution in [0.25, 0.3) is 0 Å². The lowest BCUT2D eigenvalue weighted by molar-refractivity contribution is -0.131. The molecule has 0 aromatic heterocycles. The van der Waals surface area contributed by atoms with Gasteiger partial charge in [-0.2, -0.15) is 0 Å². The van der Waals surface area contributed by atoms with E-state index in [9.17, 15) is 9.90 Å². The number of carboxylic acids is 1. The van der Waals surface area contributed by atoms with Gasteiger partial charge in [0.25, 0.3) is 0 Å². The van der Waals surface area contributed by atoms with E-state index < -0.39 is 11.6 Å². The lowest BCUT2D eigenvalue weighted by Crippen LogP contribution is -2.22. The maximum atomic E-state index is 10.3. The van der Waals surface area contributed by atoms with Gasteiger partial charge in [0.2, 0.25) is 0 Å². The molecule has 3 nitrogen and oxygen atoms in total. The minimum atomic E-state index is -0.962. The zero-order valence-electron chi connectivity index (χ0n) is 8.32. The fourth-order valence-electron chi connectivity index (χ4n) is 1.45. The van der Waals surface area contributed by atoms with Gasteiger partial charge in [0, 0.05) is 6.08 Å². The number of carbonyl (C=O) groups is 1. The van der Waals surface area contributed by atoms with Crippen molar-refractivity contribution in [3.8, 4) is 0 Å². The first-order valence-electron chi connectivity index (χ1n) is 4.44. The molecule has 1 rings (SSSR count). The van der Waals surface area contributed by atoms with Gasteiger partial charge in [-0.1, -0.05) is 6.08 Å². The molecule has 2 N–H and O–H groups in total. The molecule has 1 unspecified atom stereocenters. The van der Waals surface area contributed by atoms with Crippen LogP contribution in [0.15, 0.2) is 35.5 Å². The van der Waals surface area contributed by atoms with Crippen LogP contribution in [0.3, 0.4) is 0 Å². The Bertz CT molecular complexity index is 332. The molecule has 0 saturated carbocycles. The summed E-state index contributed by atoms with van der Waals surface area (Å²) >= 11 is 0. The Balaban J connectivity index is 2.81. The van der Waals surface area contributed by atoms with Gasteiger partial charge in [0.1, 0.15) is 0 Å². The van der Waals surface area contributed by atoms with Gasteiger partial charge in [0.05, 0.1) is 5.60 Å². The number of aliphatic carboxylic acids is 1. The van der Waals surface area contributed by atoms with E-state index in [-0.39, 0.29) is 0 Å². The molecule has 0 radical (unpaired) electrons. The lowest BCUT2D eigenvalue weighted by Gasteiger charge is -2.23. The highest BCUT2D eigenvalue weighted by Gasteiger charge is 2.20. The van der Waals surface area contributed by atoms with Crippen LogP contribution < -0.4 is 0 Å². The van der Waals surface area contributed by atoms with E-state index in [1.807, 2.05) is 13.0 Å². The molecule has 0 aromatic carbocycles. The molecule has 3 heteroatoms. The van der Waals surface area contributed by atoms with E-state index in [1.165, 1.54) is 0 Å². The third kappa shape index (κ3) is 2.85. The molecular weight excluding hydrogens is 180 g/mol. The van der Waals surface area contributed by atoms with Crippen molar-refractivity contribution in [2.45, 2.75) is 25.9 Å². The summed E-state index contributed by atoms with van der Waals surface area (Å²) in [5, 5.41) is 18.1. The minimum absolute atomic E-state index is 0.517. The Labute approximate surface area is 83.1 Å². The van der Waals surface area contributed by atoms with Crippen molar-refractivity contribution in [3.63, 3.8) is 0 Å². The molecule has 1 aliphatic rings. The van der Waals surface area contributed by atoms with Crippen molar-refractivity contribution in [1.82, 2.24) is 0 Å². The van der Waals surface area contributed by atoms with E-state index in [0.717, 1.165) is 17.2 Å². The van der Waals surface area contributed by atoms with Crippen molar-refractivity contribution in [1.29, 1.82) is 0 Å². The fraction of sp³-hybridized carbons (Fsp3) is 0.364. The summed E-state index contributed by atoms with van der Waals surface area (Å²) in [7, 11) is 0. The highest BCUT2D eigenvalue weighted by Crippen LogP contribution is 2.26. The van der Waals surface area contributed by atoms with Crippen LogP contribution in [0.4, 0.5) is 0 Å². The fourth-order valence-corrected chi connectivity index (χ4v) is 1.45. The minimum Gasteiger partial charge on any atom is -0.478 e. The zero-order valence-corrected chi connectivity index (χ0v) is 8.32. The third-order valence-corrected chi connectivity index (χ3v) is 2.12. The molecule has 1 atom stereocenters. The van der Waals surface area contributed by atoms with Gasteiger partial charge in [-0.05, 0) is 43.6 Å². The summed E-state index contributed by atoms with van der Waals surface area (Å²) in [4.78, 5) is 10.3. The second kappa shape index (κ2) is 3.80. The Morgan fingerprint density at radius 1 is 1.64 bits per heavy atom. The Hall–Kier alpha value is -1.35. The summed E-state index contributed by atoms with van der Waals surface area (Å²) in [6.07, 6.45) is 6.75. The zero-order chi connectivity index (χ0) is 10.8. The number of rotatable bonds is 2. The van der Waals surface area contributed by atoms with Gasteiger partial charge >= 0.3 is 5.97 Å². The van der Waals surface area contributed by atoms with E-state index in [1.54, 1.807) is 19.1 Å². The van der Waals surface area contributed by atoms with Crippen LogP contribution in [0.2, 0.25) is 0 Å². The molecule has 14 heavy (non-hydrogen) atoms. The normalized spacial score (nSPS) is 27.4. The van der Waals surface area contributed by atoms with E-state index in [4.69, 9.17) is 5.11 Å². The molecule has 0 heterocycles. The molecule has 0 saturated heterocycles. The van der Waals surface area contributed by atoms with Crippen LogP contribution in [0.5, 0.6) is 0 Å². The number of hydrogen-bond acceptors (Lipinski definition) is 2. The summed E-state index contributed by atoms with van der Waals surface area (Å²) in [5.41, 5.74) is 0.961. The first-order valence-corrected chi connectivity index (χ1v) is 4.44. The first-order chi connectivity index (χ1) is 6.41. The largest absolute Gasteiger partial charge is 0.478 e. The lowest BCUT2D eigenvalue weighted by atomic mass is 9.89. The molecular formula is C11H14O3. The van der Waals surface area contributed by atoms with Gasteiger partial charge in [-0.25, -0.2) is 4.79 Å². The average Bonchev–Trinajstić information content (AvgIpc) is 2.00. The maximum absolute atomic E-state index is 10.3. The Kier molecular flexibility index (Phi) is 2.91. The molecule has 0 bridgehead atoms. The SMILES string of the molecule is CC1=CC(C)(O)CC=C1/C=C/C(=O)O. The highest BCUT2D eigenvalue weighted by molar-refractivity contribution is 5.80. The van der Waals surface area contributed by atoms with Crippen LogP contribution in [-0.4, -0.2) is 21.8 Å². The maximum Gasteiger partial charge on any atom is 0.328 e. The highest BCUT2D eigenvalue weighted by atomic mass is 16.4. The third-order valence-electron chi connectivity index (χ3n) is 2.12. The van der Waals surface area contributed by atoms with Gasteiger partial charge in [0.15, 0.2) is 0 Å².